The van der Waals surface area contributed by atoms with Crippen LogP contribution in [0.1, 0.15) is 115 Å². The SMILES string of the molecule is CCCCCCCCCc1cccc2ccc(S(=O)(=O)O)c(CCCCCCCCC)c12. The lowest BCUT2D eigenvalue weighted by Gasteiger charge is -2.15. The van der Waals surface area contributed by atoms with Gasteiger partial charge in [-0.05, 0) is 53.6 Å². The molecule has 0 fully saturated rings. The van der Waals surface area contributed by atoms with E-state index in [9.17, 15) is 13.0 Å². The van der Waals surface area contributed by atoms with Gasteiger partial charge in [0, 0.05) is 0 Å². The summed E-state index contributed by atoms with van der Waals surface area (Å²) in [6.07, 6.45) is 18.8. The molecule has 32 heavy (non-hydrogen) atoms. The minimum atomic E-state index is -4.23. The molecule has 0 saturated heterocycles. The number of fused-ring (bicyclic) bond motifs is 1. The van der Waals surface area contributed by atoms with Crippen molar-refractivity contribution in [2.75, 3.05) is 0 Å². The molecule has 0 amide bonds. The van der Waals surface area contributed by atoms with Gasteiger partial charge in [0.1, 0.15) is 0 Å². The van der Waals surface area contributed by atoms with Crippen LogP contribution in [0.2, 0.25) is 0 Å². The summed E-state index contributed by atoms with van der Waals surface area (Å²) in [6, 6.07) is 9.71. The van der Waals surface area contributed by atoms with E-state index < -0.39 is 10.1 Å². The molecule has 180 valence electrons. The predicted octanol–water partition coefficient (Wildman–Crippen LogP) is 8.67. The van der Waals surface area contributed by atoms with Crippen LogP contribution >= 0.6 is 0 Å². The first-order chi connectivity index (χ1) is 15.5. The first kappa shape index (κ1) is 26.9. The first-order valence-corrected chi connectivity index (χ1v) is 14.4. The van der Waals surface area contributed by atoms with Crippen LogP contribution in [0.15, 0.2) is 35.2 Å². The van der Waals surface area contributed by atoms with E-state index in [4.69, 9.17) is 0 Å². The van der Waals surface area contributed by atoms with Crippen LogP contribution in [0.25, 0.3) is 10.8 Å². The molecule has 2 rings (SSSR count). The lowest BCUT2D eigenvalue weighted by atomic mass is 9.93. The summed E-state index contributed by atoms with van der Waals surface area (Å²) in [4.78, 5) is 0.1000. The molecular weight excluding hydrogens is 416 g/mol. The van der Waals surface area contributed by atoms with Crippen molar-refractivity contribution in [3.63, 3.8) is 0 Å². The molecule has 0 radical (unpaired) electrons. The molecule has 0 aliphatic heterocycles. The van der Waals surface area contributed by atoms with Crippen LogP contribution in [0.3, 0.4) is 0 Å². The van der Waals surface area contributed by atoms with Crippen molar-refractivity contribution in [3.8, 4) is 0 Å². The van der Waals surface area contributed by atoms with Gasteiger partial charge in [0.15, 0.2) is 0 Å². The predicted molar refractivity (Wildman–Crippen MR) is 137 cm³/mol. The highest BCUT2D eigenvalue weighted by Gasteiger charge is 2.19. The Labute approximate surface area is 196 Å². The van der Waals surface area contributed by atoms with Crippen molar-refractivity contribution >= 4 is 20.9 Å². The van der Waals surface area contributed by atoms with Gasteiger partial charge in [0.25, 0.3) is 10.1 Å². The van der Waals surface area contributed by atoms with Crippen molar-refractivity contribution < 1.29 is 13.0 Å². The summed E-state index contributed by atoms with van der Waals surface area (Å²) >= 11 is 0. The van der Waals surface area contributed by atoms with E-state index in [1.165, 1.54) is 76.2 Å². The quantitative estimate of drug-likeness (QED) is 0.190. The Kier molecular flexibility index (Phi) is 12.3. The van der Waals surface area contributed by atoms with Gasteiger partial charge in [-0.1, -0.05) is 115 Å². The fraction of sp³-hybridized carbons (Fsp3) is 0.643. The molecule has 0 aliphatic rings. The zero-order valence-electron chi connectivity index (χ0n) is 20.4. The molecule has 0 saturated carbocycles. The van der Waals surface area contributed by atoms with Gasteiger partial charge < -0.3 is 0 Å². The lowest BCUT2D eigenvalue weighted by Crippen LogP contribution is -2.05. The minimum absolute atomic E-state index is 0.1000. The molecule has 0 aliphatic carbocycles. The van der Waals surface area contributed by atoms with Crippen molar-refractivity contribution in [1.29, 1.82) is 0 Å². The molecule has 0 atom stereocenters. The summed E-state index contributed by atoms with van der Waals surface area (Å²) in [5.41, 5.74) is 2.04. The highest BCUT2D eigenvalue weighted by atomic mass is 32.2. The van der Waals surface area contributed by atoms with E-state index in [-0.39, 0.29) is 4.90 Å². The fourth-order valence-corrected chi connectivity index (χ4v) is 5.50. The summed E-state index contributed by atoms with van der Waals surface area (Å²) in [5.74, 6) is 0. The number of hydrogen-bond acceptors (Lipinski definition) is 2. The number of aryl methyl sites for hydroxylation is 2. The van der Waals surface area contributed by atoms with E-state index in [1.54, 1.807) is 6.07 Å². The van der Waals surface area contributed by atoms with Crippen molar-refractivity contribution in [1.82, 2.24) is 0 Å². The van der Waals surface area contributed by atoms with E-state index >= 15 is 0 Å². The topological polar surface area (TPSA) is 54.4 Å². The third-order valence-electron chi connectivity index (χ3n) is 6.55. The largest absolute Gasteiger partial charge is 0.294 e. The first-order valence-electron chi connectivity index (χ1n) is 13.0. The molecule has 4 heteroatoms. The number of unbranched alkanes of at least 4 members (excludes halogenated alkanes) is 12. The molecule has 0 heterocycles. The average Bonchev–Trinajstić information content (AvgIpc) is 2.77. The second kappa shape index (κ2) is 14.7. The Balaban J connectivity index is 2.13. The van der Waals surface area contributed by atoms with Crippen molar-refractivity contribution in [2.45, 2.75) is 121 Å². The van der Waals surface area contributed by atoms with E-state index in [0.717, 1.165) is 42.0 Å². The molecule has 2 aromatic rings. The van der Waals surface area contributed by atoms with Crippen LogP contribution in [0.4, 0.5) is 0 Å². The molecular formula is C28H44O3S. The van der Waals surface area contributed by atoms with Crippen molar-refractivity contribution in [3.05, 3.63) is 41.5 Å². The fourth-order valence-electron chi connectivity index (χ4n) is 4.75. The van der Waals surface area contributed by atoms with Crippen molar-refractivity contribution in [2.24, 2.45) is 0 Å². The normalized spacial score (nSPS) is 12.0. The Morgan fingerprint density at radius 1 is 0.656 bits per heavy atom. The van der Waals surface area contributed by atoms with Gasteiger partial charge >= 0.3 is 0 Å². The van der Waals surface area contributed by atoms with Crippen LogP contribution in [-0.4, -0.2) is 13.0 Å². The average molecular weight is 461 g/mol. The lowest BCUT2D eigenvalue weighted by molar-refractivity contribution is 0.482. The van der Waals surface area contributed by atoms with Gasteiger partial charge in [-0.15, -0.1) is 0 Å². The standard InChI is InChI=1S/C28H44O3S/c1-3-5-7-9-11-13-15-18-24-19-17-20-25-22-23-27(32(29,30)31)26(28(24)25)21-16-14-12-10-8-6-4-2/h17,19-20,22-23H,3-16,18,21H2,1-2H3,(H,29,30,31). The maximum Gasteiger partial charge on any atom is 0.294 e. The van der Waals surface area contributed by atoms with Crippen LogP contribution in [0, 0.1) is 0 Å². The third-order valence-corrected chi connectivity index (χ3v) is 7.49. The number of rotatable bonds is 17. The summed E-state index contributed by atoms with van der Waals surface area (Å²) in [6.45, 7) is 4.47. The second-order valence-electron chi connectivity index (χ2n) is 9.28. The second-order valence-corrected chi connectivity index (χ2v) is 10.7. The highest BCUT2D eigenvalue weighted by molar-refractivity contribution is 7.85. The van der Waals surface area contributed by atoms with Crippen LogP contribution in [0.5, 0.6) is 0 Å². The Hall–Kier alpha value is -1.39. The molecule has 0 bridgehead atoms. The van der Waals surface area contributed by atoms with Gasteiger partial charge in [-0.2, -0.15) is 8.42 Å². The smallest absolute Gasteiger partial charge is 0.282 e. The Morgan fingerprint density at radius 2 is 1.19 bits per heavy atom. The molecule has 3 nitrogen and oxygen atoms in total. The highest BCUT2D eigenvalue weighted by Crippen LogP contribution is 2.31. The van der Waals surface area contributed by atoms with E-state index in [1.807, 2.05) is 6.07 Å². The van der Waals surface area contributed by atoms with Gasteiger partial charge in [0.05, 0.1) is 4.90 Å². The van der Waals surface area contributed by atoms with Crippen LogP contribution in [-0.2, 0) is 23.0 Å². The molecule has 0 aromatic heterocycles. The maximum atomic E-state index is 12.2. The number of benzene rings is 2. The summed E-state index contributed by atoms with van der Waals surface area (Å²) < 4.78 is 34.2. The van der Waals surface area contributed by atoms with E-state index in [0.29, 0.717) is 6.42 Å². The van der Waals surface area contributed by atoms with Gasteiger partial charge in [-0.3, -0.25) is 4.55 Å². The van der Waals surface area contributed by atoms with Gasteiger partial charge in [0.2, 0.25) is 0 Å². The Morgan fingerprint density at radius 3 is 1.75 bits per heavy atom. The minimum Gasteiger partial charge on any atom is -0.282 e. The number of hydrogen-bond donors (Lipinski definition) is 1. The zero-order valence-corrected chi connectivity index (χ0v) is 21.2. The molecule has 1 N–H and O–H groups in total. The van der Waals surface area contributed by atoms with E-state index in [2.05, 4.69) is 32.0 Å². The monoisotopic (exact) mass is 460 g/mol. The Bertz CT molecular complexity index is 902. The zero-order chi connectivity index (χ0) is 23.2. The van der Waals surface area contributed by atoms with Gasteiger partial charge in [-0.25, -0.2) is 0 Å². The van der Waals surface area contributed by atoms with Crippen LogP contribution < -0.4 is 0 Å². The molecule has 0 unspecified atom stereocenters. The third kappa shape index (κ3) is 8.86. The summed E-state index contributed by atoms with van der Waals surface area (Å²) in [5, 5.41) is 2.13. The summed E-state index contributed by atoms with van der Waals surface area (Å²) in [7, 11) is -4.23. The maximum absolute atomic E-state index is 12.2. The molecule has 0 spiro atoms. The molecule has 2 aromatic carbocycles.